The molecule has 9 nitrogen and oxygen atoms in total. The van der Waals surface area contributed by atoms with Crippen LogP contribution in [0.3, 0.4) is 0 Å². The molecule has 35 heavy (non-hydrogen) atoms. The molecule has 3 aliphatic rings. The summed E-state index contributed by atoms with van der Waals surface area (Å²) in [6.45, 7) is 6.11. The minimum atomic E-state index is -0.621. The number of anilines is 1. The zero-order valence-electron chi connectivity index (χ0n) is 20.8. The number of rotatable bonds is 7. The molecule has 0 aromatic carbocycles. The first-order chi connectivity index (χ1) is 16.5. The highest BCUT2D eigenvalue weighted by molar-refractivity contribution is 7.17. The second kappa shape index (κ2) is 9.04. The Hall–Kier alpha value is -2.75. The van der Waals surface area contributed by atoms with Crippen LogP contribution in [0.1, 0.15) is 79.6 Å². The third-order valence-corrected chi connectivity index (χ3v) is 9.63. The molecule has 2 fully saturated rings. The Morgan fingerprint density at radius 2 is 1.83 bits per heavy atom. The zero-order valence-corrected chi connectivity index (χ0v) is 21.6. The number of carbonyl (C=O) groups is 5. The van der Waals surface area contributed by atoms with Crippen LogP contribution in [0, 0.1) is 16.7 Å². The van der Waals surface area contributed by atoms with E-state index in [1.807, 2.05) is 20.8 Å². The molecule has 4 rings (SSSR count). The van der Waals surface area contributed by atoms with Crippen molar-refractivity contribution in [1.29, 1.82) is 0 Å². The van der Waals surface area contributed by atoms with Gasteiger partial charge in [-0.2, -0.15) is 0 Å². The van der Waals surface area contributed by atoms with Crippen LogP contribution in [0.2, 0.25) is 0 Å². The second-order valence-corrected chi connectivity index (χ2v) is 11.4. The van der Waals surface area contributed by atoms with Gasteiger partial charge in [0.25, 0.3) is 0 Å². The highest BCUT2D eigenvalue weighted by Gasteiger charge is 2.64. The average Bonchev–Trinajstić information content (AvgIpc) is 3.42. The molecular weight excluding hydrogens is 472 g/mol. The molecule has 1 saturated heterocycles. The number of esters is 2. The van der Waals surface area contributed by atoms with Crippen LogP contribution in [0.15, 0.2) is 0 Å². The normalized spacial score (nSPS) is 26.5. The molecule has 10 heteroatoms. The van der Waals surface area contributed by atoms with Crippen molar-refractivity contribution in [2.75, 3.05) is 26.1 Å². The van der Waals surface area contributed by atoms with Crippen LogP contribution in [-0.4, -0.2) is 55.3 Å². The molecule has 2 aliphatic carbocycles. The monoisotopic (exact) mass is 504 g/mol. The van der Waals surface area contributed by atoms with Crippen molar-refractivity contribution in [2.45, 2.75) is 65.2 Å². The van der Waals surface area contributed by atoms with Crippen LogP contribution in [0.5, 0.6) is 0 Å². The molecule has 1 aliphatic heterocycles. The molecule has 190 valence electrons. The summed E-state index contributed by atoms with van der Waals surface area (Å²) in [5.41, 5.74) is -0.181. The smallest absolute Gasteiger partial charge is 0.341 e. The molecule has 3 amide bonds. The fourth-order valence-electron chi connectivity index (χ4n) is 5.94. The summed E-state index contributed by atoms with van der Waals surface area (Å²) >= 11 is 1.26. The van der Waals surface area contributed by atoms with Crippen LogP contribution in [-0.2, 0) is 35.1 Å². The number of piperidine rings is 1. The Morgan fingerprint density at radius 1 is 1.11 bits per heavy atom. The van der Waals surface area contributed by atoms with Crippen molar-refractivity contribution in [1.82, 2.24) is 4.90 Å². The maximum atomic E-state index is 13.2. The second-order valence-electron chi connectivity index (χ2n) is 10.3. The Bertz CT molecular complexity index is 1110. The van der Waals surface area contributed by atoms with E-state index in [1.165, 1.54) is 30.5 Å². The number of hydrogen-bond donors (Lipinski definition) is 1. The number of likely N-dealkylation sites (tertiary alicyclic amines) is 1. The number of nitrogens with one attached hydrogen (secondary N) is 1. The van der Waals surface area contributed by atoms with Gasteiger partial charge in [0.15, 0.2) is 0 Å². The van der Waals surface area contributed by atoms with Crippen LogP contribution in [0.25, 0.3) is 0 Å². The number of amides is 3. The summed E-state index contributed by atoms with van der Waals surface area (Å²) in [7, 11) is 2.56. The first-order valence-electron chi connectivity index (χ1n) is 11.9. The topological polar surface area (TPSA) is 119 Å². The van der Waals surface area contributed by atoms with E-state index in [1.54, 1.807) is 0 Å². The summed E-state index contributed by atoms with van der Waals surface area (Å²) in [4.78, 5) is 65.8. The van der Waals surface area contributed by atoms with Gasteiger partial charge in [-0.25, -0.2) is 4.79 Å². The highest BCUT2D eigenvalue weighted by Crippen LogP contribution is 2.60. The maximum Gasteiger partial charge on any atom is 0.341 e. The first kappa shape index (κ1) is 25.3. The molecule has 3 unspecified atom stereocenters. The third kappa shape index (κ3) is 3.86. The van der Waals surface area contributed by atoms with E-state index >= 15 is 0 Å². The molecule has 2 bridgehead atoms. The van der Waals surface area contributed by atoms with E-state index in [0.717, 1.165) is 4.88 Å². The summed E-state index contributed by atoms with van der Waals surface area (Å²) in [5, 5.41) is 3.13. The maximum absolute atomic E-state index is 13.2. The molecule has 2 heterocycles. The largest absolute Gasteiger partial charge is 0.469 e. The van der Waals surface area contributed by atoms with Gasteiger partial charge in [0.2, 0.25) is 17.7 Å². The van der Waals surface area contributed by atoms with Gasteiger partial charge in [0.1, 0.15) is 5.00 Å². The van der Waals surface area contributed by atoms with Crippen LogP contribution in [0.4, 0.5) is 5.00 Å². The quantitative estimate of drug-likeness (QED) is 0.447. The number of imide groups is 1. The van der Waals surface area contributed by atoms with Crippen molar-refractivity contribution >= 4 is 46.0 Å². The molecular formula is C25H32N2O7S. The Kier molecular flexibility index (Phi) is 6.54. The Morgan fingerprint density at radius 3 is 2.49 bits per heavy atom. The molecule has 3 atom stereocenters. The van der Waals surface area contributed by atoms with E-state index in [9.17, 15) is 24.0 Å². The summed E-state index contributed by atoms with van der Waals surface area (Å²) < 4.78 is 9.81. The van der Waals surface area contributed by atoms with Crippen molar-refractivity contribution in [3.05, 3.63) is 16.0 Å². The van der Waals surface area contributed by atoms with Gasteiger partial charge in [-0.15, -0.1) is 11.3 Å². The lowest BCUT2D eigenvalue weighted by Gasteiger charge is -2.47. The molecule has 0 radical (unpaired) electrons. The first-order valence-corrected chi connectivity index (χ1v) is 12.8. The minimum absolute atomic E-state index is 0.0748. The van der Waals surface area contributed by atoms with Crippen LogP contribution < -0.4 is 5.32 Å². The number of carbonyl (C=O) groups excluding carboxylic acids is 5. The van der Waals surface area contributed by atoms with E-state index < -0.39 is 23.3 Å². The standard InChI is InChI=1S/C25H32N2O7S/c1-24(2)14-10-11-25(24,3)23(32)27(20(14)29)12-6-7-16(28)26-19-18(22(31)34-5)17-13(21(30)33-4)8-9-15(17)35-19/h13-14H,6-12H2,1-5H3,(H,26,28). The third-order valence-electron chi connectivity index (χ3n) is 8.45. The SMILES string of the molecule is COC(=O)c1c(NC(=O)CCCN2C(=O)C3CCC(C)(C2=O)C3(C)C)sc2c1C(C(=O)OC)CC2. The van der Waals surface area contributed by atoms with E-state index in [4.69, 9.17) is 9.47 Å². The van der Waals surface area contributed by atoms with Crippen molar-refractivity contribution in [3.63, 3.8) is 0 Å². The number of methoxy groups -OCH3 is 2. The molecule has 1 N–H and O–H groups in total. The van der Waals surface area contributed by atoms with Gasteiger partial charge < -0.3 is 14.8 Å². The lowest BCUT2D eigenvalue weighted by molar-refractivity contribution is -0.168. The fraction of sp³-hybridized carbons (Fsp3) is 0.640. The number of hydrogen-bond acceptors (Lipinski definition) is 8. The van der Waals surface area contributed by atoms with E-state index in [2.05, 4.69) is 5.32 Å². The van der Waals surface area contributed by atoms with Crippen molar-refractivity contribution < 1.29 is 33.4 Å². The number of nitrogens with zero attached hydrogens (tertiary/aromatic N) is 1. The average molecular weight is 505 g/mol. The summed E-state index contributed by atoms with van der Waals surface area (Å²) in [6, 6.07) is 0. The molecule has 0 spiro atoms. The summed E-state index contributed by atoms with van der Waals surface area (Å²) in [6.07, 6.45) is 2.94. The Balaban J connectivity index is 1.43. The lowest BCUT2D eigenvalue weighted by Crippen LogP contribution is -2.59. The van der Waals surface area contributed by atoms with Gasteiger partial charge >= 0.3 is 11.9 Å². The lowest BCUT2D eigenvalue weighted by atomic mass is 9.62. The van der Waals surface area contributed by atoms with Gasteiger partial charge in [-0.1, -0.05) is 20.8 Å². The predicted molar refractivity (Wildman–Crippen MR) is 128 cm³/mol. The van der Waals surface area contributed by atoms with E-state index in [0.29, 0.717) is 42.7 Å². The van der Waals surface area contributed by atoms with Crippen molar-refractivity contribution in [2.24, 2.45) is 16.7 Å². The van der Waals surface area contributed by atoms with Gasteiger partial charge in [0.05, 0.1) is 31.1 Å². The van der Waals surface area contributed by atoms with Gasteiger partial charge in [-0.3, -0.25) is 24.1 Å². The number of aryl methyl sites for hydroxylation is 1. The number of thiophene rings is 1. The zero-order chi connectivity index (χ0) is 25.7. The number of ether oxygens (including phenoxy) is 2. The van der Waals surface area contributed by atoms with Gasteiger partial charge in [0, 0.05) is 23.8 Å². The fourth-order valence-corrected chi connectivity index (χ4v) is 7.22. The van der Waals surface area contributed by atoms with Crippen LogP contribution >= 0.6 is 11.3 Å². The van der Waals surface area contributed by atoms with Gasteiger partial charge in [-0.05, 0) is 43.1 Å². The molecule has 1 saturated carbocycles. The van der Waals surface area contributed by atoms with Crippen molar-refractivity contribution in [3.8, 4) is 0 Å². The molecule has 1 aromatic rings. The predicted octanol–water partition coefficient (Wildman–Crippen LogP) is 3.27. The highest BCUT2D eigenvalue weighted by atomic mass is 32.1. The summed E-state index contributed by atoms with van der Waals surface area (Å²) in [5.74, 6) is -2.43. The number of fused-ring (bicyclic) bond motifs is 3. The molecule has 1 aromatic heterocycles. The Labute approximate surface area is 208 Å². The van der Waals surface area contributed by atoms with E-state index in [-0.39, 0.29) is 47.6 Å². The minimum Gasteiger partial charge on any atom is -0.469 e.